The minimum Gasteiger partial charge on any atom is -0.375 e. The van der Waals surface area contributed by atoms with Crippen LogP contribution in [0.25, 0.3) is 0 Å². The smallest absolute Gasteiger partial charge is 0.191 e. The molecule has 0 aromatic rings. The molecule has 17 heavy (non-hydrogen) atoms. The Bertz CT molecular complexity index is 319. The summed E-state index contributed by atoms with van der Waals surface area (Å²) < 4.78 is 5.45. The van der Waals surface area contributed by atoms with E-state index in [2.05, 4.69) is 11.1 Å². The number of nitriles is 1. The molecule has 1 atom stereocenters. The molecular weight excluding hydrogens is 216 g/mol. The van der Waals surface area contributed by atoms with Gasteiger partial charge in [0.1, 0.15) is 0 Å². The van der Waals surface area contributed by atoms with Gasteiger partial charge in [-0.15, -0.1) is 0 Å². The lowest BCUT2D eigenvalue weighted by Crippen LogP contribution is -2.48. The number of rotatable bonds is 3. The molecule has 1 aliphatic heterocycles. The van der Waals surface area contributed by atoms with E-state index in [-0.39, 0.29) is 11.5 Å². The molecule has 1 rings (SSSR count). The lowest BCUT2D eigenvalue weighted by atomic mass is 9.90. The molecular formula is C12H22N4O. The maximum Gasteiger partial charge on any atom is 0.191 e. The molecule has 0 aromatic heterocycles. The van der Waals surface area contributed by atoms with Gasteiger partial charge in [-0.05, 0) is 12.3 Å². The summed E-state index contributed by atoms with van der Waals surface area (Å²) in [6.07, 6.45) is 0.688. The molecule has 96 valence electrons. The van der Waals surface area contributed by atoms with E-state index < -0.39 is 0 Å². The minimum absolute atomic E-state index is 0.114. The zero-order valence-electron chi connectivity index (χ0n) is 10.9. The van der Waals surface area contributed by atoms with Crippen molar-refractivity contribution in [2.24, 2.45) is 16.1 Å². The number of hydrogen-bond donors (Lipinski definition) is 1. The van der Waals surface area contributed by atoms with Crippen LogP contribution in [0.1, 0.15) is 27.2 Å². The number of morpholine rings is 1. The van der Waals surface area contributed by atoms with Gasteiger partial charge in [0.05, 0.1) is 18.8 Å². The second-order valence-electron chi connectivity index (χ2n) is 5.30. The van der Waals surface area contributed by atoms with Crippen LogP contribution in [0.4, 0.5) is 0 Å². The highest BCUT2D eigenvalue weighted by Gasteiger charge is 2.20. The molecule has 1 heterocycles. The van der Waals surface area contributed by atoms with Gasteiger partial charge in [0, 0.05) is 26.1 Å². The van der Waals surface area contributed by atoms with Gasteiger partial charge in [-0.2, -0.15) is 5.26 Å². The van der Waals surface area contributed by atoms with E-state index in [9.17, 15) is 0 Å². The maximum atomic E-state index is 8.69. The summed E-state index contributed by atoms with van der Waals surface area (Å²) in [7, 11) is 0. The van der Waals surface area contributed by atoms with Crippen LogP contribution in [0.2, 0.25) is 0 Å². The van der Waals surface area contributed by atoms with Gasteiger partial charge in [-0.25, -0.2) is 0 Å². The second kappa shape index (κ2) is 5.87. The molecule has 5 heteroatoms. The van der Waals surface area contributed by atoms with Crippen LogP contribution in [-0.4, -0.2) is 43.2 Å². The molecule has 0 aromatic carbocycles. The number of guanidine groups is 1. The van der Waals surface area contributed by atoms with E-state index in [1.165, 1.54) is 0 Å². The topological polar surface area (TPSA) is 74.6 Å². The fourth-order valence-electron chi connectivity index (χ4n) is 1.69. The van der Waals surface area contributed by atoms with Crippen molar-refractivity contribution in [3.05, 3.63) is 0 Å². The quantitative estimate of drug-likeness (QED) is 0.587. The molecule has 1 fully saturated rings. The fraction of sp³-hybridized carbons (Fsp3) is 0.833. The van der Waals surface area contributed by atoms with Crippen molar-refractivity contribution < 1.29 is 4.74 Å². The van der Waals surface area contributed by atoms with Crippen LogP contribution in [-0.2, 0) is 4.74 Å². The van der Waals surface area contributed by atoms with Crippen molar-refractivity contribution in [1.82, 2.24) is 4.90 Å². The zero-order valence-corrected chi connectivity index (χ0v) is 10.9. The van der Waals surface area contributed by atoms with E-state index in [1.807, 2.05) is 25.7 Å². The van der Waals surface area contributed by atoms with Gasteiger partial charge in [0.25, 0.3) is 0 Å². The van der Waals surface area contributed by atoms with Gasteiger partial charge in [-0.3, -0.25) is 4.99 Å². The molecule has 5 nitrogen and oxygen atoms in total. The van der Waals surface area contributed by atoms with Crippen molar-refractivity contribution in [1.29, 1.82) is 5.26 Å². The first-order valence-corrected chi connectivity index (χ1v) is 5.98. The van der Waals surface area contributed by atoms with Crippen molar-refractivity contribution in [3.8, 4) is 6.07 Å². The third kappa shape index (κ3) is 4.61. The number of ether oxygens (including phenoxy) is 1. The Labute approximate surface area is 103 Å². The Hall–Kier alpha value is -1.28. The normalized spacial score (nSPS) is 22.4. The second-order valence-corrected chi connectivity index (χ2v) is 5.30. The molecule has 0 bridgehead atoms. The lowest BCUT2D eigenvalue weighted by Gasteiger charge is -2.32. The van der Waals surface area contributed by atoms with E-state index in [1.54, 1.807) is 0 Å². The molecule has 0 saturated carbocycles. The Morgan fingerprint density at radius 2 is 2.35 bits per heavy atom. The van der Waals surface area contributed by atoms with Crippen LogP contribution < -0.4 is 5.73 Å². The Balaban J connectivity index is 2.51. The van der Waals surface area contributed by atoms with Crippen molar-refractivity contribution in [3.63, 3.8) is 0 Å². The summed E-state index contributed by atoms with van der Waals surface area (Å²) in [6, 6.07) is 2.17. The summed E-state index contributed by atoms with van der Waals surface area (Å²) in [5.41, 5.74) is 5.84. The van der Waals surface area contributed by atoms with Gasteiger partial charge >= 0.3 is 0 Å². The highest BCUT2D eigenvalue weighted by molar-refractivity contribution is 5.78. The first-order valence-electron chi connectivity index (χ1n) is 5.98. The number of nitrogens with zero attached hydrogens (tertiary/aromatic N) is 3. The first kappa shape index (κ1) is 13.8. The molecule has 1 unspecified atom stereocenters. The monoisotopic (exact) mass is 238 g/mol. The van der Waals surface area contributed by atoms with Crippen LogP contribution in [0.5, 0.6) is 0 Å². The third-order valence-corrected chi connectivity index (χ3v) is 2.79. The molecule has 0 aliphatic carbocycles. The summed E-state index contributed by atoms with van der Waals surface area (Å²) in [5.74, 6) is 0.561. The van der Waals surface area contributed by atoms with Crippen LogP contribution in [0.15, 0.2) is 4.99 Å². The summed E-state index contributed by atoms with van der Waals surface area (Å²) in [5, 5.41) is 8.69. The van der Waals surface area contributed by atoms with E-state index in [0.29, 0.717) is 25.5 Å². The summed E-state index contributed by atoms with van der Waals surface area (Å²) in [4.78, 5) is 6.42. The average molecular weight is 238 g/mol. The Morgan fingerprint density at radius 3 is 2.94 bits per heavy atom. The van der Waals surface area contributed by atoms with E-state index >= 15 is 0 Å². The van der Waals surface area contributed by atoms with Crippen LogP contribution in [0, 0.1) is 16.7 Å². The maximum absolute atomic E-state index is 8.69. The van der Waals surface area contributed by atoms with Gasteiger partial charge in [0.15, 0.2) is 5.96 Å². The van der Waals surface area contributed by atoms with E-state index in [0.717, 1.165) is 13.1 Å². The zero-order chi connectivity index (χ0) is 12.9. The highest BCUT2D eigenvalue weighted by Crippen LogP contribution is 2.19. The predicted molar refractivity (Wildman–Crippen MR) is 67.5 cm³/mol. The van der Waals surface area contributed by atoms with Crippen molar-refractivity contribution >= 4 is 5.96 Å². The van der Waals surface area contributed by atoms with Crippen LogP contribution >= 0.6 is 0 Å². The largest absolute Gasteiger partial charge is 0.375 e. The molecule has 1 aliphatic rings. The molecule has 1 saturated heterocycles. The first-order chi connectivity index (χ1) is 7.94. The van der Waals surface area contributed by atoms with Gasteiger partial charge in [0.2, 0.25) is 0 Å². The summed E-state index contributed by atoms with van der Waals surface area (Å²) >= 11 is 0. The van der Waals surface area contributed by atoms with E-state index in [4.69, 9.17) is 15.7 Å². The predicted octanol–water partition coefficient (Wildman–Crippen LogP) is 0.962. The minimum atomic E-state index is -0.114. The van der Waals surface area contributed by atoms with Crippen LogP contribution in [0.3, 0.4) is 0 Å². The van der Waals surface area contributed by atoms with Gasteiger partial charge in [-0.1, -0.05) is 13.8 Å². The molecule has 2 N–H and O–H groups in total. The third-order valence-electron chi connectivity index (χ3n) is 2.79. The number of aliphatic imine (C=N–C) groups is 1. The SMILES string of the molecule is CC1CN(C(N)=NCC(C)(C)CC#N)CCO1. The Morgan fingerprint density at radius 1 is 1.65 bits per heavy atom. The molecule has 0 spiro atoms. The lowest BCUT2D eigenvalue weighted by molar-refractivity contribution is 0.00525. The highest BCUT2D eigenvalue weighted by atomic mass is 16.5. The number of hydrogen-bond acceptors (Lipinski definition) is 3. The van der Waals surface area contributed by atoms with Crippen molar-refractivity contribution in [2.75, 3.05) is 26.2 Å². The average Bonchev–Trinajstić information content (AvgIpc) is 2.26. The number of nitrogens with two attached hydrogens (primary N) is 1. The Kier molecular flexibility index (Phi) is 4.76. The standard InChI is InChI=1S/C12H22N4O/c1-10-8-16(6-7-17-10)11(14)15-9-12(2,3)4-5-13/h10H,4,6-9H2,1-3H3,(H2,14,15). The molecule has 0 amide bonds. The summed E-state index contributed by atoms with van der Waals surface area (Å²) in [6.45, 7) is 8.92. The van der Waals surface area contributed by atoms with Crippen molar-refractivity contribution in [2.45, 2.75) is 33.3 Å². The molecule has 0 radical (unpaired) electrons. The fourth-order valence-corrected chi connectivity index (χ4v) is 1.69. The van der Waals surface area contributed by atoms with Gasteiger partial charge < -0.3 is 15.4 Å².